The van der Waals surface area contributed by atoms with Gasteiger partial charge in [0.15, 0.2) is 0 Å². The molecule has 0 amide bonds. The molecule has 0 unspecified atom stereocenters. The molecule has 12 heavy (non-hydrogen) atoms. The third-order valence-electron chi connectivity index (χ3n) is 1.68. The predicted octanol–water partition coefficient (Wildman–Crippen LogP) is 2.09. The Hall–Kier alpha value is -0.0300. The van der Waals surface area contributed by atoms with Gasteiger partial charge >= 0.3 is 0 Å². The highest BCUT2D eigenvalue weighted by Crippen LogP contribution is 2.27. The standard InChI is InChI=1S/C8H11NOS2/c1-2-8(11-7-1)12-9-3-5-10-6-4-9/h1-2,7H,3-6H2. The van der Waals surface area contributed by atoms with E-state index < -0.39 is 0 Å². The van der Waals surface area contributed by atoms with Gasteiger partial charge in [-0.3, -0.25) is 0 Å². The molecular weight excluding hydrogens is 190 g/mol. The van der Waals surface area contributed by atoms with Crippen LogP contribution in [0, 0.1) is 0 Å². The number of hydrogen-bond donors (Lipinski definition) is 0. The molecule has 0 radical (unpaired) electrons. The molecule has 1 saturated heterocycles. The molecule has 0 N–H and O–H groups in total. The van der Waals surface area contributed by atoms with E-state index in [0.717, 1.165) is 26.3 Å². The van der Waals surface area contributed by atoms with Crippen LogP contribution in [0.3, 0.4) is 0 Å². The molecule has 0 saturated carbocycles. The SMILES string of the molecule is c1csc(SN2CCOCC2)c1. The molecule has 2 nitrogen and oxygen atoms in total. The minimum atomic E-state index is 0.873. The fourth-order valence-corrected chi connectivity index (χ4v) is 2.91. The maximum Gasteiger partial charge on any atom is 0.0753 e. The van der Waals surface area contributed by atoms with Crippen molar-refractivity contribution < 1.29 is 4.74 Å². The van der Waals surface area contributed by atoms with E-state index in [1.54, 1.807) is 11.3 Å². The lowest BCUT2D eigenvalue weighted by atomic mass is 10.5. The summed E-state index contributed by atoms with van der Waals surface area (Å²) in [6.45, 7) is 3.84. The highest BCUT2D eigenvalue weighted by Gasteiger charge is 2.11. The maximum atomic E-state index is 5.27. The summed E-state index contributed by atoms with van der Waals surface area (Å²) in [5.41, 5.74) is 0. The lowest BCUT2D eigenvalue weighted by Gasteiger charge is -2.24. The average Bonchev–Trinajstić information content (AvgIpc) is 2.59. The quantitative estimate of drug-likeness (QED) is 0.680. The Morgan fingerprint density at radius 2 is 2.25 bits per heavy atom. The second kappa shape index (κ2) is 4.28. The number of hydrogen-bond acceptors (Lipinski definition) is 4. The molecule has 2 rings (SSSR count). The lowest BCUT2D eigenvalue weighted by molar-refractivity contribution is 0.0774. The topological polar surface area (TPSA) is 12.5 Å². The first-order valence-electron chi connectivity index (χ1n) is 3.99. The molecule has 66 valence electrons. The molecule has 4 heteroatoms. The van der Waals surface area contributed by atoms with Crippen molar-refractivity contribution in [2.24, 2.45) is 0 Å². The van der Waals surface area contributed by atoms with E-state index in [9.17, 15) is 0 Å². The second-order valence-corrected chi connectivity index (χ2v) is 4.91. The molecule has 0 spiro atoms. The molecule has 1 aliphatic heterocycles. The van der Waals surface area contributed by atoms with Crippen LogP contribution in [0.25, 0.3) is 0 Å². The van der Waals surface area contributed by atoms with Crippen molar-refractivity contribution in [1.29, 1.82) is 0 Å². The number of morpholine rings is 1. The van der Waals surface area contributed by atoms with Gasteiger partial charge in [-0.05, 0) is 23.4 Å². The molecule has 2 heterocycles. The fourth-order valence-electron chi connectivity index (χ4n) is 1.08. The third-order valence-corrected chi connectivity index (χ3v) is 3.80. The van der Waals surface area contributed by atoms with Crippen LogP contribution in [0.4, 0.5) is 0 Å². The molecule has 0 bridgehead atoms. The number of nitrogens with zero attached hydrogens (tertiary/aromatic N) is 1. The van der Waals surface area contributed by atoms with Crippen LogP contribution in [0.5, 0.6) is 0 Å². The average molecular weight is 201 g/mol. The molecule has 0 aliphatic carbocycles. The predicted molar refractivity (Wildman–Crippen MR) is 52.6 cm³/mol. The van der Waals surface area contributed by atoms with Crippen molar-refractivity contribution in [2.75, 3.05) is 26.3 Å². The van der Waals surface area contributed by atoms with Crippen LogP contribution >= 0.6 is 23.3 Å². The van der Waals surface area contributed by atoms with Gasteiger partial charge in [0.05, 0.1) is 17.4 Å². The van der Waals surface area contributed by atoms with E-state index in [1.165, 1.54) is 4.21 Å². The minimum Gasteiger partial charge on any atom is -0.379 e. The summed E-state index contributed by atoms with van der Waals surface area (Å²) in [5.74, 6) is 0. The Balaban J connectivity index is 1.86. The number of thiophene rings is 1. The summed E-state index contributed by atoms with van der Waals surface area (Å²) in [5, 5.41) is 2.11. The normalized spacial score (nSPS) is 19.7. The van der Waals surface area contributed by atoms with Crippen LogP contribution in [0.1, 0.15) is 0 Å². The van der Waals surface area contributed by atoms with Crippen molar-refractivity contribution in [2.45, 2.75) is 4.21 Å². The first-order chi connectivity index (χ1) is 5.95. The van der Waals surface area contributed by atoms with Crippen LogP contribution in [0.2, 0.25) is 0 Å². The third kappa shape index (κ3) is 2.23. The van der Waals surface area contributed by atoms with E-state index >= 15 is 0 Å². The zero-order valence-corrected chi connectivity index (χ0v) is 8.37. The molecule has 1 fully saturated rings. The Morgan fingerprint density at radius 1 is 1.42 bits per heavy atom. The monoisotopic (exact) mass is 201 g/mol. The first-order valence-corrected chi connectivity index (χ1v) is 5.64. The Labute approximate surface area is 80.7 Å². The van der Waals surface area contributed by atoms with Gasteiger partial charge < -0.3 is 4.74 Å². The Kier molecular flexibility index (Phi) is 3.05. The molecular formula is C8H11NOS2. The summed E-state index contributed by atoms with van der Waals surface area (Å²) >= 11 is 3.64. The molecule has 1 aromatic heterocycles. The van der Waals surface area contributed by atoms with Crippen molar-refractivity contribution in [3.8, 4) is 0 Å². The number of rotatable bonds is 2. The van der Waals surface area contributed by atoms with E-state index in [-0.39, 0.29) is 0 Å². The number of ether oxygens (including phenoxy) is 1. The van der Waals surface area contributed by atoms with Gasteiger partial charge in [-0.15, -0.1) is 11.3 Å². The fraction of sp³-hybridized carbons (Fsp3) is 0.500. The van der Waals surface area contributed by atoms with Gasteiger partial charge in [0.1, 0.15) is 0 Å². The molecule has 1 aliphatic rings. The van der Waals surface area contributed by atoms with E-state index in [2.05, 4.69) is 21.8 Å². The molecule has 1 aromatic rings. The van der Waals surface area contributed by atoms with Gasteiger partial charge in [0.2, 0.25) is 0 Å². The maximum absolute atomic E-state index is 5.27. The van der Waals surface area contributed by atoms with Gasteiger partial charge in [-0.2, -0.15) is 0 Å². The van der Waals surface area contributed by atoms with E-state index in [4.69, 9.17) is 4.74 Å². The van der Waals surface area contributed by atoms with Crippen LogP contribution in [-0.2, 0) is 4.74 Å². The summed E-state index contributed by atoms with van der Waals surface area (Å²) in [7, 11) is 0. The minimum absolute atomic E-state index is 0.873. The summed E-state index contributed by atoms with van der Waals surface area (Å²) in [4.78, 5) is 0. The summed E-state index contributed by atoms with van der Waals surface area (Å²) < 4.78 is 9.00. The van der Waals surface area contributed by atoms with Crippen molar-refractivity contribution >= 4 is 23.3 Å². The van der Waals surface area contributed by atoms with Crippen molar-refractivity contribution in [3.63, 3.8) is 0 Å². The van der Waals surface area contributed by atoms with E-state index in [0.29, 0.717) is 0 Å². The van der Waals surface area contributed by atoms with Gasteiger partial charge in [0.25, 0.3) is 0 Å². The van der Waals surface area contributed by atoms with Crippen molar-refractivity contribution in [1.82, 2.24) is 4.31 Å². The van der Waals surface area contributed by atoms with Gasteiger partial charge in [-0.25, -0.2) is 4.31 Å². The van der Waals surface area contributed by atoms with Crippen LogP contribution in [0.15, 0.2) is 21.7 Å². The van der Waals surface area contributed by atoms with Crippen LogP contribution < -0.4 is 0 Å². The van der Waals surface area contributed by atoms with Gasteiger partial charge in [0, 0.05) is 13.1 Å². The smallest absolute Gasteiger partial charge is 0.0753 e. The first kappa shape index (κ1) is 8.56. The Morgan fingerprint density at radius 3 is 2.92 bits per heavy atom. The summed E-state index contributed by atoms with van der Waals surface area (Å²) in [6.07, 6.45) is 0. The van der Waals surface area contributed by atoms with Crippen LogP contribution in [-0.4, -0.2) is 30.6 Å². The second-order valence-electron chi connectivity index (χ2n) is 2.56. The van der Waals surface area contributed by atoms with Crippen molar-refractivity contribution in [3.05, 3.63) is 17.5 Å². The lowest BCUT2D eigenvalue weighted by Crippen LogP contribution is -2.30. The van der Waals surface area contributed by atoms with Gasteiger partial charge in [-0.1, -0.05) is 6.07 Å². The zero-order chi connectivity index (χ0) is 8.23. The molecule has 0 atom stereocenters. The highest BCUT2D eigenvalue weighted by atomic mass is 32.2. The Bertz CT molecular complexity index is 219. The molecule has 0 aromatic carbocycles. The largest absolute Gasteiger partial charge is 0.379 e. The highest BCUT2D eigenvalue weighted by molar-refractivity contribution is 7.98. The zero-order valence-electron chi connectivity index (χ0n) is 6.73. The summed E-state index contributed by atoms with van der Waals surface area (Å²) in [6, 6.07) is 4.25. The van der Waals surface area contributed by atoms with E-state index in [1.807, 2.05) is 11.9 Å².